The van der Waals surface area contributed by atoms with Crippen LogP contribution in [-0.2, 0) is 37.3 Å². The number of ether oxygens (including phenoxy) is 3. The maximum atomic E-state index is 12.6. The topological polar surface area (TPSA) is 82.1 Å². The van der Waals surface area contributed by atoms with Gasteiger partial charge in [-0.15, -0.1) is 0 Å². The summed E-state index contributed by atoms with van der Waals surface area (Å²) in [6, 6.07) is 12.4. The molecule has 0 radical (unpaired) electrons. The van der Waals surface area contributed by atoms with E-state index in [1.54, 1.807) is 31.4 Å². The molecule has 30 heavy (non-hydrogen) atoms. The number of hydrogen-bond acceptors (Lipinski definition) is 6. The van der Waals surface area contributed by atoms with E-state index in [9.17, 15) is 13.2 Å². The van der Waals surface area contributed by atoms with E-state index in [4.69, 9.17) is 14.2 Å². The van der Waals surface area contributed by atoms with Crippen molar-refractivity contribution in [1.29, 1.82) is 0 Å². The Balaban J connectivity index is 1.52. The Morgan fingerprint density at radius 2 is 1.80 bits per heavy atom. The minimum atomic E-state index is -3.51. The summed E-state index contributed by atoms with van der Waals surface area (Å²) in [6.07, 6.45) is 0.686. The Morgan fingerprint density at radius 3 is 2.47 bits per heavy atom. The van der Waals surface area contributed by atoms with Crippen LogP contribution >= 0.6 is 0 Å². The molecular formula is C22H27NO6S. The van der Waals surface area contributed by atoms with E-state index >= 15 is 0 Å². The molecule has 1 aliphatic heterocycles. The molecule has 0 N–H and O–H groups in total. The number of carbonyl (C=O) groups excluding carboxylic acids is 1. The molecule has 0 aromatic heterocycles. The zero-order valence-corrected chi connectivity index (χ0v) is 18.1. The first-order valence-corrected chi connectivity index (χ1v) is 11.3. The summed E-state index contributed by atoms with van der Waals surface area (Å²) in [5.41, 5.74) is 2.76. The van der Waals surface area contributed by atoms with E-state index in [1.165, 1.54) is 4.31 Å². The van der Waals surface area contributed by atoms with Crippen molar-refractivity contribution in [2.24, 2.45) is 0 Å². The maximum absolute atomic E-state index is 12.6. The number of methoxy groups -OCH3 is 1. The molecule has 2 aromatic rings. The molecule has 1 saturated heterocycles. The Kier molecular flexibility index (Phi) is 7.47. The highest BCUT2D eigenvalue weighted by Crippen LogP contribution is 2.21. The average Bonchev–Trinajstić information content (AvgIpc) is 2.77. The molecule has 0 spiro atoms. The van der Waals surface area contributed by atoms with Gasteiger partial charge < -0.3 is 14.2 Å². The fourth-order valence-electron chi connectivity index (χ4n) is 3.26. The van der Waals surface area contributed by atoms with Gasteiger partial charge in [-0.25, -0.2) is 8.42 Å². The molecular weight excluding hydrogens is 406 g/mol. The van der Waals surface area contributed by atoms with Crippen molar-refractivity contribution in [3.8, 4) is 5.75 Å². The Hall–Kier alpha value is -2.42. The summed E-state index contributed by atoms with van der Waals surface area (Å²) in [5, 5.41) is 0. The lowest BCUT2D eigenvalue weighted by Gasteiger charge is -2.26. The molecule has 0 unspecified atom stereocenters. The number of benzene rings is 2. The van der Waals surface area contributed by atoms with E-state index in [0.717, 1.165) is 16.7 Å². The number of esters is 1. The predicted octanol–water partition coefficient (Wildman–Crippen LogP) is 2.70. The molecule has 3 rings (SSSR count). The standard InChI is InChI=1S/C22H27NO6S/c1-17-3-9-21(27-2)19(15-17)16-29-22(24)10-6-18-4-7-20(8-5-18)30(25,26)23-11-13-28-14-12-23/h3-5,7-9,15H,6,10-14,16H2,1-2H3. The van der Waals surface area contributed by atoms with Crippen LogP contribution in [0, 0.1) is 6.92 Å². The second-order valence-electron chi connectivity index (χ2n) is 7.14. The SMILES string of the molecule is COc1ccc(C)cc1COC(=O)CCc1ccc(S(=O)(=O)N2CCOCC2)cc1. The van der Waals surface area contributed by atoms with E-state index in [-0.39, 0.29) is 23.9 Å². The summed E-state index contributed by atoms with van der Waals surface area (Å²) < 4.78 is 42.6. The van der Waals surface area contributed by atoms with Crippen molar-refractivity contribution in [3.63, 3.8) is 0 Å². The van der Waals surface area contributed by atoms with Gasteiger partial charge in [-0.3, -0.25) is 4.79 Å². The van der Waals surface area contributed by atoms with Gasteiger partial charge in [0.15, 0.2) is 0 Å². The van der Waals surface area contributed by atoms with Crippen LogP contribution in [-0.4, -0.2) is 52.1 Å². The summed E-state index contributed by atoms with van der Waals surface area (Å²) in [4.78, 5) is 12.4. The highest BCUT2D eigenvalue weighted by atomic mass is 32.2. The molecule has 162 valence electrons. The van der Waals surface area contributed by atoms with E-state index in [2.05, 4.69) is 0 Å². The number of carbonyl (C=O) groups is 1. The fourth-order valence-corrected chi connectivity index (χ4v) is 4.67. The van der Waals surface area contributed by atoms with E-state index in [0.29, 0.717) is 38.5 Å². The Bertz CT molecular complexity index is 966. The number of nitrogens with zero attached hydrogens (tertiary/aromatic N) is 1. The largest absolute Gasteiger partial charge is 0.496 e. The second-order valence-corrected chi connectivity index (χ2v) is 9.07. The van der Waals surface area contributed by atoms with Crippen molar-refractivity contribution in [1.82, 2.24) is 4.31 Å². The van der Waals surface area contributed by atoms with Gasteiger partial charge in [0.05, 0.1) is 25.2 Å². The van der Waals surface area contributed by atoms with Crippen LogP contribution in [0.3, 0.4) is 0 Å². The van der Waals surface area contributed by atoms with Gasteiger partial charge >= 0.3 is 5.97 Å². The summed E-state index contributed by atoms with van der Waals surface area (Å²) in [7, 11) is -1.93. The number of rotatable bonds is 8. The van der Waals surface area contributed by atoms with Crippen molar-refractivity contribution in [2.75, 3.05) is 33.4 Å². The van der Waals surface area contributed by atoms with Gasteiger partial charge in [-0.1, -0.05) is 23.8 Å². The highest BCUT2D eigenvalue weighted by Gasteiger charge is 2.26. The lowest BCUT2D eigenvalue weighted by atomic mass is 10.1. The fraction of sp³-hybridized carbons (Fsp3) is 0.409. The molecule has 1 aliphatic rings. The van der Waals surface area contributed by atoms with Gasteiger partial charge in [-0.05, 0) is 43.2 Å². The summed E-state index contributed by atoms with van der Waals surface area (Å²) in [6.45, 7) is 3.67. The predicted molar refractivity (Wildman–Crippen MR) is 112 cm³/mol. The van der Waals surface area contributed by atoms with Crippen LogP contribution in [0.2, 0.25) is 0 Å². The molecule has 8 heteroatoms. The molecule has 1 heterocycles. The molecule has 1 fully saturated rings. The average molecular weight is 434 g/mol. The van der Waals surface area contributed by atoms with Gasteiger partial charge in [0, 0.05) is 25.1 Å². The Morgan fingerprint density at radius 1 is 1.10 bits per heavy atom. The number of morpholine rings is 1. The summed E-state index contributed by atoms with van der Waals surface area (Å²) in [5.74, 6) is 0.369. The molecule has 7 nitrogen and oxygen atoms in total. The zero-order chi connectivity index (χ0) is 21.6. The second kappa shape index (κ2) is 10.1. The lowest BCUT2D eigenvalue weighted by molar-refractivity contribution is -0.144. The van der Waals surface area contributed by atoms with Crippen molar-refractivity contribution in [2.45, 2.75) is 31.3 Å². The summed E-state index contributed by atoms with van der Waals surface area (Å²) >= 11 is 0. The van der Waals surface area contributed by atoms with Crippen LogP contribution in [0.5, 0.6) is 5.75 Å². The Labute approximate surface area is 177 Å². The first-order valence-electron chi connectivity index (χ1n) is 9.86. The highest BCUT2D eigenvalue weighted by molar-refractivity contribution is 7.89. The van der Waals surface area contributed by atoms with Crippen LogP contribution in [0.4, 0.5) is 0 Å². The van der Waals surface area contributed by atoms with Gasteiger partial charge in [0.25, 0.3) is 0 Å². The minimum absolute atomic E-state index is 0.153. The first-order chi connectivity index (χ1) is 14.4. The zero-order valence-electron chi connectivity index (χ0n) is 17.3. The van der Waals surface area contributed by atoms with Crippen LogP contribution in [0.25, 0.3) is 0 Å². The molecule has 0 amide bonds. The third-order valence-electron chi connectivity index (χ3n) is 4.97. The van der Waals surface area contributed by atoms with E-state index < -0.39 is 10.0 Å². The normalized spacial score (nSPS) is 15.0. The van der Waals surface area contributed by atoms with Crippen LogP contribution in [0.1, 0.15) is 23.1 Å². The van der Waals surface area contributed by atoms with Gasteiger partial charge in [0.2, 0.25) is 10.0 Å². The molecule has 0 atom stereocenters. The van der Waals surface area contributed by atoms with Gasteiger partial charge in [-0.2, -0.15) is 4.31 Å². The van der Waals surface area contributed by atoms with Gasteiger partial charge in [0.1, 0.15) is 12.4 Å². The third kappa shape index (κ3) is 5.59. The number of aryl methyl sites for hydroxylation is 2. The van der Waals surface area contributed by atoms with E-state index in [1.807, 2.05) is 25.1 Å². The quantitative estimate of drug-likeness (QED) is 0.596. The van der Waals surface area contributed by atoms with Crippen LogP contribution < -0.4 is 4.74 Å². The van der Waals surface area contributed by atoms with Crippen molar-refractivity contribution < 1.29 is 27.4 Å². The molecule has 0 aliphatic carbocycles. The smallest absolute Gasteiger partial charge is 0.306 e. The number of hydrogen-bond donors (Lipinski definition) is 0. The maximum Gasteiger partial charge on any atom is 0.306 e. The molecule has 0 bridgehead atoms. The van der Waals surface area contributed by atoms with Crippen molar-refractivity contribution in [3.05, 3.63) is 59.2 Å². The van der Waals surface area contributed by atoms with Crippen molar-refractivity contribution >= 4 is 16.0 Å². The minimum Gasteiger partial charge on any atom is -0.496 e. The first kappa shape index (κ1) is 22.3. The lowest BCUT2D eigenvalue weighted by Crippen LogP contribution is -2.40. The monoisotopic (exact) mass is 433 g/mol. The third-order valence-corrected chi connectivity index (χ3v) is 6.89. The molecule has 0 saturated carbocycles. The number of sulfonamides is 1. The van der Waals surface area contributed by atoms with Crippen LogP contribution in [0.15, 0.2) is 47.4 Å². The molecule has 2 aromatic carbocycles.